The number of alkyl halides is 2. The van der Waals surface area contributed by atoms with Gasteiger partial charge >= 0.3 is 6.61 Å². The number of hydrogen-bond donors (Lipinski definition) is 3. The molecule has 0 saturated carbocycles. The van der Waals surface area contributed by atoms with Crippen molar-refractivity contribution in [2.24, 2.45) is 0 Å². The number of likely N-dealkylation sites (N-methyl/N-ethyl adjacent to an activating group) is 1. The Kier molecular flexibility index (Phi) is 3.88. The van der Waals surface area contributed by atoms with E-state index in [1.54, 1.807) is 19.3 Å². The van der Waals surface area contributed by atoms with E-state index in [4.69, 9.17) is 11.6 Å². The molecule has 1 heterocycles. The third-order valence-electron chi connectivity index (χ3n) is 2.55. The van der Waals surface area contributed by atoms with Crippen LogP contribution in [0.15, 0.2) is 30.1 Å². The maximum atomic E-state index is 12.3. The zero-order valence-corrected chi connectivity index (χ0v) is 10.3. The number of halogens is 3. The van der Waals surface area contributed by atoms with E-state index in [1.807, 2.05) is 0 Å². The van der Waals surface area contributed by atoms with Gasteiger partial charge in [0.1, 0.15) is 5.75 Å². The molecule has 3 N–H and O–H groups in total. The molecule has 98 valence electrons. The van der Waals surface area contributed by atoms with Gasteiger partial charge in [0.2, 0.25) is 0 Å². The van der Waals surface area contributed by atoms with Gasteiger partial charge in [-0.25, -0.2) is 5.43 Å². The zero-order chi connectivity index (χ0) is 13.1. The minimum atomic E-state index is -2.87. The molecule has 0 amide bonds. The summed E-state index contributed by atoms with van der Waals surface area (Å²) in [6.07, 6.45) is 1.71. The minimum absolute atomic E-state index is 0.0942. The first kappa shape index (κ1) is 12.9. The molecule has 1 aromatic rings. The van der Waals surface area contributed by atoms with Gasteiger partial charge in [-0.2, -0.15) is 8.78 Å². The maximum absolute atomic E-state index is 12.3. The third kappa shape index (κ3) is 2.65. The van der Waals surface area contributed by atoms with Crippen molar-refractivity contribution in [1.29, 1.82) is 0 Å². The summed E-state index contributed by atoms with van der Waals surface area (Å²) < 4.78 is 29.2. The third-order valence-corrected chi connectivity index (χ3v) is 2.79. The fourth-order valence-corrected chi connectivity index (χ4v) is 1.95. The zero-order valence-electron chi connectivity index (χ0n) is 9.51. The highest BCUT2D eigenvalue weighted by Gasteiger charge is 2.24. The lowest BCUT2D eigenvalue weighted by molar-refractivity contribution is -0.0506. The van der Waals surface area contributed by atoms with Gasteiger partial charge in [0.25, 0.3) is 0 Å². The molecule has 0 radical (unpaired) electrons. The summed E-state index contributed by atoms with van der Waals surface area (Å²) in [7, 11) is 1.74. The Morgan fingerprint density at radius 2 is 2.22 bits per heavy atom. The van der Waals surface area contributed by atoms with Crippen LogP contribution in [0.5, 0.6) is 5.75 Å². The van der Waals surface area contributed by atoms with Crippen molar-refractivity contribution in [3.8, 4) is 5.75 Å². The molecule has 1 atom stereocenters. The summed E-state index contributed by atoms with van der Waals surface area (Å²) in [6.45, 7) is -2.87. The second-order valence-corrected chi connectivity index (χ2v) is 4.07. The van der Waals surface area contributed by atoms with Crippen molar-refractivity contribution in [3.05, 3.63) is 40.7 Å². The molecule has 1 aliphatic rings. The molecule has 4 nitrogen and oxygen atoms in total. The first-order valence-electron chi connectivity index (χ1n) is 5.25. The quantitative estimate of drug-likeness (QED) is 0.788. The number of hydrazine groups is 1. The van der Waals surface area contributed by atoms with Crippen LogP contribution in [-0.2, 0) is 0 Å². The van der Waals surface area contributed by atoms with E-state index in [-0.39, 0.29) is 11.8 Å². The van der Waals surface area contributed by atoms with E-state index in [0.29, 0.717) is 10.6 Å². The van der Waals surface area contributed by atoms with Crippen LogP contribution < -0.4 is 20.9 Å². The Morgan fingerprint density at radius 3 is 2.89 bits per heavy atom. The molecule has 0 saturated heterocycles. The Hall–Kier alpha value is -1.53. The van der Waals surface area contributed by atoms with Crippen molar-refractivity contribution in [2.45, 2.75) is 12.7 Å². The minimum Gasteiger partial charge on any atom is -0.434 e. The fourth-order valence-electron chi connectivity index (χ4n) is 1.77. The van der Waals surface area contributed by atoms with E-state index in [0.717, 1.165) is 5.70 Å². The molecule has 1 unspecified atom stereocenters. The number of rotatable bonds is 4. The van der Waals surface area contributed by atoms with Crippen LogP contribution in [0.2, 0.25) is 5.02 Å². The molecule has 0 aliphatic carbocycles. The van der Waals surface area contributed by atoms with E-state index in [1.165, 1.54) is 12.1 Å². The first-order valence-corrected chi connectivity index (χ1v) is 5.62. The van der Waals surface area contributed by atoms with Crippen molar-refractivity contribution in [2.75, 3.05) is 7.05 Å². The number of nitrogens with one attached hydrogen (secondary N) is 3. The summed E-state index contributed by atoms with van der Waals surface area (Å²) in [5, 5.41) is 3.42. The second-order valence-electron chi connectivity index (χ2n) is 3.63. The molecule has 0 fully saturated rings. The predicted octanol–water partition coefficient (Wildman–Crippen LogP) is 2.15. The smallest absolute Gasteiger partial charge is 0.387 e. The fraction of sp³-hybridized carbons (Fsp3) is 0.273. The number of benzene rings is 1. The molecule has 0 bridgehead atoms. The predicted molar refractivity (Wildman–Crippen MR) is 64.2 cm³/mol. The largest absolute Gasteiger partial charge is 0.434 e. The molecule has 18 heavy (non-hydrogen) atoms. The highest BCUT2D eigenvalue weighted by atomic mass is 35.5. The van der Waals surface area contributed by atoms with Gasteiger partial charge in [0.15, 0.2) is 0 Å². The van der Waals surface area contributed by atoms with Gasteiger partial charge in [-0.3, -0.25) is 0 Å². The summed E-state index contributed by atoms with van der Waals surface area (Å²) in [4.78, 5) is 0. The highest BCUT2D eigenvalue weighted by molar-refractivity contribution is 6.30. The van der Waals surface area contributed by atoms with Gasteiger partial charge < -0.3 is 15.5 Å². The van der Waals surface area contributed by atoms with Crippen molar-refractivity contribution in [3.63, 3.8) is 0 Å². The molecular weight excluding hydrogens is 264 g/mol. The lowest BCUT2D eigenvalue weighted by Gasteiger charge is -2.18. The van der Waals surface area contributed by atoms with Gasteiger partial charge in [-0.1, -0.05) is 11.6 Å². The summed E-state index contributed by atoms with van der Waals surface area (Å²) in [5.41, 5.74) is 7.08. The monoisotopic (exact) mass is 275 g/mol. The van der Waals surface area contributed by atoms with Gasteiger partial charge in [-0.05, 0) is 18.2 Å². The normalized spacial score (nSPS) is 18.5. The molecule has 0 spiro atoms. The average molecular weight is 276 g/mol. The molecule has 7 heteroatoms. The van der Waals surface area contributed by atoms with Crippen LogP contribution in [0.3, 0.4) is 0 Å². The average Bonchev–Trinajstić information content (AvgIpc) is 2.79. The van der Waals surface area contributed by atoms with E-state index >= 15 is 0 Å². The van der Waals surface area contributed by atoms with Gasteiger partial charge in [-0.15, -0.1) is 0 Å². The molecule has 0 aromatic heterocycles. The molecule has 1 aromatic carbocycles. The van der Waals surface area contributed by atoms with Crippen LogP contribution in [-0.4, -0.2) is 13.7 Å². The maximum Gasteiger partial charge on any atom is 0.387 e. The highest BCUT2D eigenvalue weighted by Crippen LogP contribution is 2.33. The van der Waals surface area contributed by atoms with Crippen LogP contribution in [0.4, 0.5) is 8.78 Å². The molecule has 1 aliphatic heterocycles. The van der Waals surface area contributed by atoms with Crippen molar-refractivity contribution >= 4 is 11.6 Å². The first-order chi connectivity index (χ1) is 8.61. The SMILES string of the molecule is CNC1=CNNC1c1cc(Cl)ccc1OC(F)F. The van der Waals surface area contributed by atoms with Crippen LogP contribution in [0, 0.1) is 0 Å². The Bertz CT molecular complexity index is 468. The Morgan fingerprint density at radius 1 is 1.44 bits per heavy atom. The lowest BCUT2D eigenvalue weighted by atomic mass is 10.0. The molecular formula is C11H12ClF2N3O. The van der Waals surface area contributed by atoms with Crippen LogP contribution in [0.1, 0.15) is 11.6 Å². The summed E-state index contributed by atoms with van der Waals surface area (Å²) >= 11 is 5.89. The summed E-state index contributed by atoms with van der Waals surface area (Å²) in [6, 6.07) is 4.21. The van der Waals surface area contributed by atoms with Gasteiger partial charge in [0, 0.05) is 23.8 Å². The number of ether oxygens (including phenoxy) is 1. The Labute approximate surface area is 108 Å². The topological polar surface area (TPSA) is 45.3 Å². The molecule has 2 rings (SSSR count). The summed E-state index contributed by atoms with van der Waals surface area (Å²) in [5.74, 6) is 0.0942. The Balaban J connectivity index is 2.35. The number of hydrogen-bond acceptors (Lipinski definition) is 4. The van der Waals surface area contributed by atoms with Gasteiger partial charge in [0.05, 0.1) is 11.7 Å². The second kappa shape index (κ2) is 5.41. The lowest BCUT2D eigenvalue weighted by Crippen LogP contribution is -2.27. The van der Waals surface area contributed by atoms with E-state index in [9.17, 15) is 8.78 Å². The van der Waals surface area contributed by atoms with Crippen molar-refractivity contribution in [1.82, 2.24) is 16.2 Å². The standard InChI is InChI=1S/C11H12ClF2N3O/c1-15-8-5-16-17-10(8)7-4-6(12)2-3-9(7)18-11(13)14/h2-5,10-11,15-17H,1H3. The van der Waals surface area contributed by atoms with Crippen LogP contribution >= 0.6 is 11.6 Å². The van der Waals surface area contributed by atoms with E-state index < -0.39 is 6.61 Å². The van der Waals surface area contributed by atoms with Crippen molar-refractivity contribution < 1.29 is 13.5 Å². The van der Waals surface area contributed by atoms with E-state index in [2.05, 4.69) is 20.9 Å². The van der Waals surface area contributed by atoms with Crippen LogP contribution in [0.25, 0.3) is 0 Å².